The summed E-state index contributed by atoms with van der Waals surface area (Å²) in [5.74, 6) is 0.803. The first-order valence-corrected chi connectivity index (χ1v) is 10.6. The van der Waals surface area contributed by atoms with E-state index >= 15 is 0 Å². The minimum absolute atomic E-state index is 0.00961. The van der Waals surface area contributed by atoms with Crippen LogP contribution in [0.5, 0.6) is 5.75 Å². The number of amides is 2. The fraction of sp³-hybridized carbons (Fsp3) is 0.565. The first-order chi connectivity index (χ1) is 14.3. The van der Waals surface area contributed by atoms with E-state index in [-0.39, 0.29) is 18.1 Å². The third-order valence-electron chi connectivity index (χ3n) is 5.02. The fourth-order valence-corrected chi connectivity index (χ4v) is 3.39. The van der Waals surface area contributed by atoms with Gasteiger partial charge in [0.2, 0.25) is 5.91 Å². The number of ether oxygens (including phenoxy) is 3. The van der Waals surface area contributed by atoms with E-state index in [1.807, 2.05) is 51.1 Å². The smallest absolute Gasteiger partial charge is 0.410 e. The van der Waals surface area contributed by atoms with Gasteiger partial charge in [0.1, 0.15) is 17.5 Å². The van der Waals surface area contributed by atoms with E-state index in [4.69, 9.17) is 14.2 Å². The molecule has 0 bridgehead atoms. The summed E-state index contributed by atoms with van der Waals surface area (Å²) in [4.78, 5) is 27.9. The Balaban J connectivity index is 1.44. The Morgan fingerprint density at radius 1 is 1.00 bits per heavy atom. The standard InChI is InChI=1S/C23H32N2O5/c1-23(2,3)30-22(27)25-12-10-20(11-13-25)29-19-7-4-18(5-8-19)6-9-21(26)24-14-16-28-17-15-24/h4-9,20H,10-17H2,1-3H3. The average Bonchev–Trinajstić information content (AvgIpc) is 2.73. The van der Waals surface area contributed by atoms with Gasteiger partial charge in [0.25, 0.3) is 0 Å². The van der Waals surface area contributed by atoms with Crippen LogP contribution in [0.15, 0.2) is 30.3 Å². The largest absolute Gasteiger partial charge is 0.490 e. The molecule has 0 aliphatic carbocycles. The lowest BCUT2D eigenvalue weighted by Crippen LogP contribution is -2.44. The van der Waals surface area contributed by atoms with Gasteiger partial charge in [-0.2, -0.15) is 0 Å². The van der Waals surface area contributed by atoms with Gasteiger partial charge in [-0.05, 0) is 44.5 Å². The Kier molecular flexibility index (Phi) is 7.37. The highest BCUT2D eigenvalue weighted by Gasteiger charge is 2.27. The molecule has 2 aliphatic rings. The molecular formula is C23H32N2O5. The van der Waals surface area contributed by atoms with Crippen molar-refractivity contribution in [3.63, 3.8) is 0 Å². The average molecular weight is 417 g/mol. The molecule has 2 saturated heterocycles. The van der Waals surface area contributed by atoms with E-state index in [0.29, 0.717) is 39.4 Å². The first-order valence-electron chi connectivity index (χ1n) is 10.6. The summed E-state index contributed by atoms with van der Waals surface area (Å²) in [6.07, 6.45) is 4.79. The second-order valence-electron chi connectivity index (χ2n) is 8.62. The van der Waals surface area contributed by atoms with Gasteiger partial charge in [0, 0.05) is 45.1 Å². The Morgan fingerprint density at radius 3 is 2.23 bits per heavy atom. The molecule has 30 heavy (non-hydrogen) atoms. The molecule has 7 heteroatoms. The second kappa shape index (κ2) is 9.98. The molecule has 7 nitrogen and oxygen atoms in total. The van der Waals surface area contributed by atoms with Gasteiger partial charge in [-0.3, -0.25) is 4.79 Å². The molecule has 0 radical (unpaired) electrons. The van der Waals surface area contributed by atoms with Crippen LogP contribution in [0, 0.1) is 0 Å². The highest BCUT2D eigenvalue weighted by molar-refractivity contribution is 5.91. The number of likely N-dealkylation sites (tertiary alicyclic amines) is 1. The number of piperidine rings is 1. The van der Waals surface area contributed by atoms with Gasteiger partial charge < -0.3 is 24.0 Å². The van der Waals surface area contributed by atoms with Crippen LogP contribution >= 0.6 is 0 Å². The molecule has 2 aliphatic heterocycles. The minimum atomic E-state index is -0.479. The van der Waals surface area contributed by atoms with Crippen molar-refractivity contribution in [3.05, 3.63) is 35.9 Å². The molecule has 2 amide bonds. The van der Waals surface area contributed by atoms with Crippen LogP contribution in [0.4, 0.5) is 4.79 Å². The predicted molar refractivity (Wildman–Crippen MR) is 114 cm³/mol. The van der Waals surface area contributed by atoms with Crippen LogP contribution in [0.3, 0.4) is 0 Å². The summed E-state index contributed by atoms with van der Waals surface area (Å²) < 4.78 is 16.8. The van der Waals surface area contributed by atoms with Crippen LogP contribution in [0.1, 0.15) is 39.2 Å². The Bertz CT molecular complexity index is 740. The van der Waals surface area contributed by atoms with Crippen molar-refractivity contribution >= 4 is 18.1 Å². The van der Waals surface area contributed by atoms with Crippen LogP contribution in [0.25, 0.3) is 6.08 Å². The third-order valence-corrected chi connectivity index (χ3v) is 5.02. The molecule has 0 aromatic heterocycles. The fourth-order valence-electron chi connectivity index (χ4n) is 3.39. The molecular weight excluding hydrogens is 384 g/mol. The predicted octanol–water partition coefficient (Wildman–Crippen LogP) is 3.34. The van der Waals surface area contributed by atoms with E-state index in [0.717, 1.165) is 24.2 Å². The molecule has 2 heterocycles. The number of morpholine rings is 1. The Labute approximate surface area is 178 Å². The van der Waals surface area contributed by atoms with Crippen LogP contribution in [0.2, 0.25) is 0 Å². The molecule has 164 valence electrons. The SMILES string of the molecule is CC(C)(C)OC(=O)N1CCC(Oc2ccc(C=CC(=O)N3CCOCC3)cc2)CC1. The summed E-state index contributed by atoms with van der Waals surface area (Å²) in [6, 6.07) is 7.71. The van der Waals surface area contributed by atoms with Gasteiger partial charge >= 0.3 is 6.09 Å². The zero-order valence-corrected chi connectivity index (χ0v) is 18.1. The maximum absolute atomic E-state index is 12.2. The van der Waals surface area contributed by atoms with Gasteiger partial charge in [0.05, 0.1) is 13.2 Å². The van der Waals surface area contributed by atoms with Crippen molar-refractivity contribution in [2.75, 3.05) is 39.4 Å². The number of hydrogen-bond donors (Lipinski definition) is 0. The Morgan fingerprint density at radius 2 is 1.63 bits per heavy atom. The Hall–Kier alpha value is -2.54. The van der Waals surface area contributed by atoms with Crippen molar-refractivity contribution in [2.24, 2.45) is 0 Å². The first kappa shape index (κ1) is 22.2. The van der Waals surface area contributed by atoms with Crippen molar-refractivity contribution in [1.29, 1.82) is 0 Å². The quantitative estimate of drug-likeness (QED) is 0.705. The topological polar surface area (TPSA) is 68.3 Å². The van der Waals surface area contributed by atoms with Gasteiger partial charge in [-0.25, -0.2) is 4.79 Å². The minimum Gasteiger partial charge on any atom is -0.490 e. The number of hydrogen-bond acceptors (Lipinski definition) is 5. The lowest BCUT2D eigenvalue weighted by Gasteiger charge is -2.33. The molecule has 1 aromatic rings. The normalized spacial score (nSPS) is 18.5. The number of rotatable bonds is 4. The van der Waals surface area contributed by atoms with Gasteiger partial charge in [-0.1, -0.05) is 12.1 Å². The molecule has 0 unspecified atom stereocenters. The molecule has 3 rings (SSSR count). The van der Waals surface area contributed by atoms with E-state index in [1.165, 1.54) is 0 Å². The summed E-state index contributed by atoms with van der Waals surface area (Å²) in [7, 11) is 0. The molecule has 0 saturated carbocycles. The summed E-state index contributed by atoms with van der Waals surface area (Å²) >= 11 is 0. The van der Waals surface area contributed by atoms with Crippen molar-refractivity contribution in [2.45, 2.75) is 45.3 Å². The van der Waals surface area contributed by atoms with Gasteiger partial charge in [-0.15, -0.1) is 0 Å². The van der Waals surface area contributed by atoms with E-state index < -0.39 is 5.60 Å². The maximum Gasteiger partial charge on any atom is 0.410 e. The highest BCUT2D eigenvalue weighted by Crippen LogP contribution is 2.21. The van der Waals surface area contributed by atoms with Crippen molar-refractivity contribution in [3.8, 4) is 5.75 Å². The van der Waals surface area contributed by atoms with E-state index in [2.05, 4.69) is 0 Å². The molecule has 0 N–H and O–H groups in total. The molecule has 0 spiro atoms. The third kappa shape index (κ3) is 6.76. The van der Waals surface area contributed by atoms with Crippen molar-refractivity contribution in [1.82, 2.24) is 9.80 Å². The second-order valence-corrected chi connectivity index (χ2v) is 8.62. The summed E-state index contributed by atoms with van der Waals surface area (Å²) in [6.45, 7) is 9.36. The number of nitrogens with zero attached hydrogens (tertiary/aromatic N) is 2. The maximum atomic E-state index is 12.2. The van der Waals surface area contributed by atoms with Gasteiger partial charge in [0.15, 0.2) is 0 Å². The zero-order chi connectivity index (χ0) is 21.6. The lowest BCUT2D eigenvalue weighted by atomic mass is 10.1. The van der Waals surface area contributed by atoms with Crippen LogP contribution in [-0.2, 0) is 14.3 Å². The highest BCUT2D eigenvalue weighted by atomic mass is 16.6. The molecule has 1 aromatic carbocycles. The summed E-state index contributed by atoms with van der Waals surface area (Å²) in [5.41, 5.74) is 0.469. The summed E-state index contributed by atoms with van der Waals surface area (Å²) in [5, 5.41) is 0. The monoisotopic (exact) mass is 416 g/mol. The van der Waals surface area contributed by atoms with E-state index in [9.17, 15) is 9.59 Å². The van der Waals surface area contributed by atoms with E-state index in [1.54, 1.807) is 15.9 Å². The van der Waals surface area contributed by atoms with Crippen LogP contribution < -0.4 is 4.74 Å². The van der Waals surface area contributed by atoms with Crippen LogP contribution in [-0.4, -0.2) is 72.9 Å². The number of carbonyl (C=O) groups excluding carboxylic acids is 2. The lowest BCUT2D eigenvalue weighted by molar-refractivity contribution is -0.129. The zero-order valence-electron chi connectivity index (χ0n) is 18.1. The van der Waals surface area contributed by atoms with Crippen molar-refractivity contribution < 1.29 is 23.8 Å². The number of carbonyl (C=O) groups is 2. The molecule has 0 atom stereocenters. The molecule has 2 fully saturated rings. The number of benzene rings is 1.